The van der Waals surface area contributed by atoms with Crippen molar-refractivity contribution >= 4 is 0 Å². The first-order chi connectivity index (χ1) is 9.49. The van der Waals surface area contributed by atoms with Crippen molar-refractivity contribution in [3.63, 3.8) is 0 Å². The minimum absolute atomic E-state index is 0.129. The van der Waals surface area contributed by atoms with Gasteiger partial charge in [-0.15, -0.1) is 0 Å². The molecular weight excluding hydrogens is 264 g/mol. The van der Waals surface area contributed by atoms with E-state index in [1.807, 2.05) is 0 Å². The summed E-state index contributed by atoms with van der Waals surface area (Å²) in [6.07, 6.45) is 2.53. The highest BCUT2D eigenvalue weighted by Gasteiger charge is 2.40. The second kappa shape index (κ2) is 6.16. The maximum Gasteiger partial charge on any atom is 0.126 e. The number of benzene rings is 1. The fourth-order valence-corrected chi connectivity index (χ4v) is 2.89. The van der Waals surface area contributed by atoms with Crippen molar-refractivity contribution in [1.29, 1.82) is 0 Å². The normalized spacial score (nSPS) is 20.2. The van der Waals surface area contributed by atoms with E-state index >= 15 is 0 Å². The van der Waals surface area contributed by atoms with Gasteiger partial charge in [0.2, 0.25) is 0 Å². The monoisotopic (exact) mass is 285 g/mol. The van der Waals surface area contributed by atoms with Gasteiger partial charge < -0.3 is 15.6 Å². The number of methoxy groups -OCH3 is 1. The highest BCUT2D eigenvalue weighted by atomic mass is 19.1. The van der Waals surface area contributed by atoms with E-state index in [0.717, 1.165) is 25.3 Å². The van der Waals surface area contributed by atoms with Crippen LogP contribution in [0.15, 0.2) is 18.2 Å². The third-order valence-corrected chi connectivity index (χ3v) is 4.31. The summed E-state index contributed by atoms with van der Waals surface area (Å²) < 4.78 is 32.0. The summed E-state index contributed by atoms with van der Waals surface area (Å²) in [5.74, 6) is -1.81. The van der Waals surface area contributed by atoms with Gasteiger partial charge in [0.15, 0.2) is 0 Å². The fourth-order valence-electron chi connectivity index (χ4n) is 2.89. The van der Waals surface area contributed by atoms with Gasteiger partial charge in [0.25, 0.3) is 0 Å². The summed E-state index contributed by atoms with van der Waals surface area (Å²) in [6.45, 7) is 0.129. The van der Waals surface area contributed by atoms with Crippen LogP contribution in [0.25, 0.3) is 0 Å². The van der Waals surface area contributed by atoms with E-state index < -0.39 is 23.7 Å². The maximum absolute atomic E-state index is 13.3. The molecule has 0 bridgehead atoms. The molecule has 112 valence electrons. The molecule has 0 spiro atoms. The van der Waals surface area contributed by atoms with Crippen molar-refractivity contribution in [2.45, 2.75) is 43.3 Å². The van der Waals surface area contributed by atoms with Crippen molar-refractivity contribution in [1.82, 2.24) is 0 Å². The van der Waals surface area contributed by atoms with Crippen LogP contribution in [0.4, 0.5) is 8.78 Å². The van der Waals surface area contributed by atoms with Crippen LogP contribution in [0.5, 0.6) is 0 Å². The molecule has 3 N–H and O–H groups in total. The lowest BCUT2D eigenvalue weighted by molar-refractivity contribution is -0.102. The molecule has 2 unspecified atom stereocenters. The molecule has 3 nitrogen and oxygen atoms in total. The second-order valence-corrected chi connectivity index (χ2v) is 5.56. The summed E-state index contributed by atoms with van der Waals surface area (Å²) in [7, 11) is 1.63. The Kier molecular flexibility index (Phi) is 4.73. The van der Waals surface area contributed by atoms with Crippen molar-refractivity contribution < 1.29 is 18.6 Å². The molecule has 0 radical (unpaired) electrons. The van der Waals surface area contributed by atoms with Crippen LogP contribution in [0.1, 0.15) is 37.2 Å². The molecule has 20 heavy (non-hydrogen) atoms. The number of ether oxygens (including phenoxy) is 1. The van der Waals surface area contributed by atoms with Crippen LogP contribution < -0.4 is 5.73 Å². The zero-order chi connectivity index (χ0) is 14.8. The third-order valence-electron chi connectivity index (χ3n) is 4.31. The predicted octanol–water partition coefficient (Wildman–Crippen LogP) is 2.33. The maximum atomic E-state index is 13.3. The second-order valence-electron chi connectivity index (χ2n) is 5.56. The fraction of sp³-hybridized carbons (Fsp3) is 0.600. The Morgan fingerprint density at radius 2 is 1.90 bits per heavy atom. The van der Waals surface area contributed by atoms with Crippen LogP contribution >= 0.6 is 0 Å². The molecule has 0 aromatic heterocycles. The number of hydrogen-bond acceptors (Lipinski definition) is 3. The summed E-state index contributed by atoms with van der Waals surface area (Å²) in [4.78, 5) is 0. The minimum atomic E-state index is -0.776. The van der Waals surface area contributed by atoms with Crippen LogP contribution in [0.3, 0.4) is 0 Å². The first-order valence-electron chi connectivity index (χ1n) is 6.89. The molecule has 1 aliphatic carbocycles. The molecule has 2 atom stereocenters. The summed E-state index contributed by atoms with van der Waals surface area (Å²) in [6, 6.07) is 3.26. The van der Waals surface area contributed by atoms with Crippen molar-refractivity contribution in [3.05, 3.63) is 35.4 Å². The number of aliphatic hydroxyl groups is 1. The summed E-state index contributed by atoms with van der Waals surface area (Å²) >= 11 is 0. The predicted molar refractivity (Wildman–Crippen MR) is 72.4 cm³/mol. The molecule has 0 saturated heterocycles. The standard InChI is InChI=1S/C15H21F2NO2/c1-20-15(3-2-4-15)8-14(19)13(9-18)10-5-11(16)7-12(17)6-10/h5-7,13-14,19H,2-4,8-9,18H2,1H3. The van der Waals surface area contributed by atoms with Crippen molar-refractivity contribution in [3.8, 4) is 0 Å². The average Bonchev–Trinajstić information content (AvgIpc) is 2.33. The number of rotatable bonds is 6. The van der Waals surface area contributed by atoms with E-state index in [9.17, 15) is 13.9 Å². The third kappa shape index (κ3) is 3.16. The Labute approximate surface area is 117 Å². The Morgan fingerprint density at radius 1 is 1.30 bits per heavy atom. The lowest BCUT2D eigenvalue weighted by Crippen LogP contribution is -2.44. The molecule has 1 aromatic carbocycles. The van der Waals surface area contributed by atoms with Gasteiger partial charge in [-0.2, -0.15) is 0 Å². The Hall–Kier alpha value is -1.04. The minimum Gasteiger partial charge on any atom is -0.392 e. The van der Waals surface area contributed by atoms with Crippen molar-refractivity contribution in [2.75, 3.05) is 13.7 Å². The molecule has 5 heteroatoms. The molecule has 0 heterocycles. The van der Waals surface area contributed by atoms with Gasteiger partial charge in [-0.05, 0) is 37.0 Å². The molecule has 0 aliphatic heterocycles. The molecule has 1 saturated carbocycles. The van der Waals surface area contributed by atoms with Crippen LogP contribution in [0, 0.1) is 11.6 Å². The van der Waals surface area contributed by atoms with E-state index in [2.05, 4.69) is 0 Å². The largest absolute Gasteiger partial charge is 0.392 e. The zero-order valence-corrected chi connectivity index (χ0v) is 11.6. The first kappa shape index (κ1) is 15.4. The zero-order valence-electron chi connectivity index (χ0n) is 11.6. The van der Waals surface area contributed by atoms with Gasteiger partial charge >= 0.3 is 0 Å². The van der Waals surface area contributed by atoms with E-state index in [4.69, 9.17) is 10.5 Å². The van der Waals surface area contributed by atoms with E-state index in [1.54, 1.807) is 7.11 Å². The topological polar surface area (TPSA) is 55.5 Å². The van der Waals surface area contributed by atoms with Crippen molar-refractivity contribution in [2.24, 2.45) is 5.73 Å². The lowest BCUT2D eigenvalue weighted by Gasteiger charge is -2.43. The molecular formula is C15H21F2NO2. The van der Waals surface area contributed by atoms with Gasteiger partial charge in [-0.25, -0.2) is 8.78 Å². The Morgan fingerprint density at radius 3 is 2.30 bits per heavy atom. The smallest absolute Gasteiger partial charge is 0.126 e. The lowest BCUT2D eigenvalue weighted by atomic mass is 9.73. The summed E-state index contributed by atoms with van der Waals surface area (Å²) in [5.41, 5.74) is 5.76. The highest BCUT2D eigenvalue weighted by Crippen LogP contribution is 2.40. The number of aliphatic hydroxyl groups excluding tert-OH is 1. The Bertz CT molecular complexity index is 437. The number of halogens is 2. The molecule has 1 aromatic rings. The van der Waals surface area contributed by atoms with Gasteiger partial charge in [-0.3, -0.25) is 0 Å². The van der Waals surface area contributed by atoms with Crippen LogP contribution in [-0.4, -0.2) is 30.5 Å². The van der Waals surface area contributed by atoms with Crippen LogP contribution in [0.2, 0.25) is 0 Å². The molecule has 1 fully saturated rings. The molecule has 2 rings (SSSR count). The number of nitrogens with two attached hydrogens (primary N) is 1. The van der Waals surface area contributed by atoms with Gasteiger partial charge in [0, 0.05) is 32.1 Å². The molecule has 1 aliphatic rings. The van der Waals surface area contributed by atoms with Gasteiger partial charge in [-0.1, -0.05) is 0 Å². The number of hydrogen-bond donors (Lipinski definition) is 2. The van der Waals surface area contributed by atoms with E-state index in [0.29, 0.717) is 12.0 Å². The van der Waals surface area contributed by atoms with Gasteiger partial charge in [0.1, 0.15) is 11.6 Å². The van der Waals surface area contributed by atoms with E-state index in [1.165, 1.54) is 12.1 Å². The molecule has 0 amide bonds. The summed E-state index contributed by atoms with van der Waals surface area (Å²) in [5, 5.41) is 10.4. The SMILES string of the molecule is COC1(CC(O)C(CN)c2cc(F)cc(F)c2)CCC1. The highest BCUT2D eigenvalue weighted by molar-refractivity contribution is 5.23. The van der Waals surface area contributed by atoms with E-state index in [-0.39, 0.29) is 12.1 Å². The first-order valence-corrected chi connectivity index (χ1v) is 6.89. The average molecular weight is 285 g/mol. The Balaban J connectivity index is 2.14. The van der Waals surface area contributed by atoms with Crippen LogP contribution in [-0.2, 0) is 4.74 Å². The quantitative estimate of drug-likeness (QED) is 0.843. The van der Waals surface area contributed by atoms with Gasteiger partial charge in [0.05, 0.1) is 11.7 Å².